The van der Waals surface area contributed by atoms with Gasteiger partial charge in [0.1, 0.15) is 12.7 Å². The lowest BCUT2D eigenvalue weighted by atomic mass is 10.1. The molecule has 1 N–H and O–H groups in total. The fraction of sp³-hybridized carbons (Fsp3) is 0.975. The van der Waals surface area contributed by atoms with Gasteiger partial charge in [0.25, 0.3) is 0 Å². The summed E-state index contributed by atoms with van der Waals surface area (Å²) in [6.07, 6.45) is 31.1. The molecule has 0 aromatic heterocycles. The first-order valence-corrected chi connectivity index (χ1v) is 20.0. The molecule has 0 aliphatic rings. The van der Waals surface area contributed by atoms with Gasteiger partial charge < -0.3 is 33.7 Å². The van der Waals surface area contributed by atoms with Crippen LogP contribution in [0.4, 0.5) is 4.79 Å². The molecule has 0 heterocycles. The Bertz CT molecular complexity index is 596. The molecule has 0 aliphatic heterocycles. The van der Waals surface area contributed by atoms with Gasteiger partial charge in [-0.15, -0.1) is 0 Å². The Labute approximate surface area is 298 Å². The smallest absolute Gasteiger partial charge is 0.407 e. The molecule has 48 heavy (non-hydrogen) atoms. The number of hydrogen-bond acceptors (Lipinski definition) is 7. The second-order valence-corrected chi connectivity index (χ2v) is 13.1. The molecule has 0 aromatic rings. The number of hydrogen-bond donors (Lipinski definition) is 1. The summed E-state index contributed by atoms with van der Waals surface area (Å²) in [7, 11) is 1.65. The van der Waals surface area contributed by atoms with Crippen molar-refractivity contribution in [1.82, 2.24) is 5.32 Å². The predicted molar refractivity (Wildman–Crippen MR) is 202 cm³/mol. The maximum absolute atomic E-state index is 12.2. The van der Waals surface area contributed by atoms with E-state index in [0.717, 1.165) is 19.4 Å². The van der Waals surface area contributed by atoms with E-state index in [1.54, 1.807) is 7.11 Å². The number of ether oxygens (including phenoxy) is 6. The van der Waals surface area contributed by atoms with Crippen molar-refractivity contribution in [2.24, 2.45) is 0 Å². The molecule has 0 bridgehead atoms. The molecule has 290 valence electrons. The molecule has 0 rings (SSSR count). The van der Waals surface area contributed by atoms with E-state index >= 15 is 0 Å². The normalized spacial score (nSPS) is 11.8. The Morgan fingerprint density at radius 2 is 0.896 bits per heavy atom. The van der Waals surface area contributed by atoms with Gasteiger partial charge in [0.05, 0.1) is 39.6 Å². The first-order chi connectivity index (χ1) is 23.2. The van der Waals surface area contributed by atoms with Gasteiger partial charge in [0, 0.05) is 26.9 Å². The van der Waals surface area contributed by atoms with Crippen LogP contribution in [0.25, 0.3) is 0 Å². The van der Waals surface area contributed by atoms with Crippen molar-refractivity contribution in [3.05, 3.63) is 0 Å². The topological polar surface area (TPSA) is 84.5 Å². The average Bonchev–Trinajstić information content (AvgIpc) is 3.08. The third kappa shape index (κ3) is 41.2. The van der Waals surface area contributed by atoms with Crippen LogP contribution < -0.4 is 5.32 Å². The minimum atomic E-state index is -0.454. The molecule has 8 heteroatoms. The number of alkyl carbamates (subject to hydrolysis) is 1. The lowest BCUT2D eigenvalue weighted by molar-refractivity contribution is -0.0469. The van der Waals surface area contributed by atoms with Crippen LogP contribution >= 0.6 is 0 Å². The van der Waals surface area contributed by atoms with Crippen LogP contribution in [0.3, 0.4) is 0 Å². The highest BCUT2D eigenvalue weighted by atomic mass is 16.6. The van der Waals surface area contributed by atoms with Crippen molar-refractivity contribution < 1.29 is 33.2 Å². The maximum Gasteiger partial charge on any atom is 0.407 e. The van der Waals surface area contributed by atoms with Crippen LogP contribution in [-0.2, 0) is 28.4 Å². The minimum Gasteiger partial charge on any atom is -0.447 e. The summed E-state index contributed by atoms with van der Waals surface area (Å²) in [5, 5.41) is 2.74. The predicted octanol–water partition coefficient (Wildman–Crippen LogP) is 10.8. The van der Waals surface area contributed by atoms with E-state index in [2.05, 4.69) is 19.2 Å². The average molecular weight is 690 g/mol. The molecule has 1 atom stereocenters. The molecule has 0 aliphatic carbocycles. The van der Waals surface area contributed by atoms with Crippen LogP contribution in [0.15, 0.2) is 0 Å². The summed E-state index contributed by atoms with van der Waals surface area (Å²) >= 11 is 0. The van der Waals surface area contributed by atoms with Crippen molar-refractivity contribution in [3.63, 3.8) is 0 Å². The van der Waals surface area contributed by atoms with Gasteiger partial charge in [-0.1, -0.05) is 163 Å². The molecule has 8 nitrogen and oxygen atoms in total. The Kier molecular flexibility index (Phi) is 45.2. The molecule has 0 fully saturated rings. The monoisotopic (exact) mass is 690 g/mol. The molecular formula is C40H83NO7. The minimum absolute atomic E-state index is 0. The van der Waals surface area contributed by atoms with Crippen LogP contribution in [0.2, 0.25) is 0 Å². The highest BCUT2D eigenvalue weighted by molar-refractivity contribution is 5.67. The zero-order chi connectivity index (χ0) is 34.1. The van der Waals surface area contributed by atoms with Crippen LogP contribution in [0, 0.1) is 0 Å². The fourth-order valence-electron chi connectivity index (χ4n) is 5.51. The van der Waals surface area contributed by atoms with E-state index in [4.69, 9.17) is 28.4 Å². The zero-order valence-corrected chi connectivity index (χ0v) is 31.5. The standard InChI is InChI=1S/C39H79NO7.CH4/c1-4-6-8-10-12-14-16-18-20-22-24-26-29-45-36-38(37-47-39(41)40-28-31-43-34-35-44-33-32-42-3)46-30-27-25-23-21-19-17-15-13-11-9-7-5-2;/h38H,4-37H2,1-3H3,(H,40,41);1H4. The van der Waals surface area contributed by atoms with Crippen LogP contribution in [0.5, 0.6) is 0 Å². The van der Waals surface area contributed by atoms with E-state index in [9.17, 15) is 4.79 Å². The molecular weight excluding hydrogens is 606 g/mol. The van der Waals surface area contributed by atoms with Gasteiger partial charge in [-0.05, 0) is 12.8 Å². The summed E-state index contributed by atoms with van der Waals surface area (Å²) in [4.78, 5) is 12.2. The maximum atomic E-state index is 12.2. The van der Waals surface area contributed by atoms with Crippen LogP contribution in [-0.4, -0.2) is 85.3 Å². The summed E-state index contributed by atoms with van der Waals surface area (Å²) in [5.74, 6) is 0. The van der Waals surface area contributed by atoms with Crippen molar-refractivity contribution in [2.75, 3.05) is 73.1 Å². The SMILES string of the molecule is C.CCCCCCCCCCCCCCOCC(COC(=O)NCCOCCOCCOC)OCCCCCCCCCCCCCC. The second kappa shape index (κ2) is 44.1. The van der Waals surface area contributed by atoms with Gasteiger partial charge in [-0.25, -0.2) is 4.79 Å². The highest BCUT2D eigenvalue weighted by Crippen LogP contribution is 2.13. The number of carbonyl (C=O) groups is 1. The van der Waals surface area contributed by atoms with Gasteiger partial charge in [-0.2, -0.15) is 0 Å². The lowest BCUT2D eigenvalue weighted by Crippen LogP contribution is -2.33. The fourth-order valence-corrected chi connectivity index (χ4v) is 5.51. The van der Waals surface area contributed by atoms with Gasteiger partial charge in [0.2, 0.25) is 0 Å². The summed E-state index contributed by atoms with van der Waals surface area (Å²) in [6, 6.07) is 0. The summed E-state index contributed by atoms with van der Waals surface area (Å²) < 4.78 is 33.3. The summed E-state index contributed by atoms with van der Waals surface area (Å²) in [5.41, 5.74) is 0. The van der Waals surface area contributed by atoms with Gasteiger partial charge >= 0.3 is 6.09 Å². The number of carbonyl (C=O) groups excluding carboxylic acids is 1. The van der Waals surface area contributed by atoms with Crippen molar-refractivity contribution in [3.8, 4) is 0 Å². The first kappa shape index (κ1) is 49.2. The van der Waals surface area contributed by atoms with E-state index in [1.807, 2.05) is 0 Å². The second-order valence-electron chi connectivity index (χ2n) is 13.1. The van der Waals surface area contributed by atoms with E-state index in [1.165, 1.54) is 141 Å². The molecule has 0 saturated heterocycles. The molecule has 0 spiro atoms. The Morgan fingerprint density at radius 3 is 1.38 bits per heavy atom. The van der Waals surface area contributed by atoms with Crippen molar-refractivity contribution in [1.29, 1.82) is 0 Å². The lowest BCUT2D eigenvalue weighted by Gasteiger charge is -2.18. The van der Waals surface area contributed by atoms with Crippen LogP contribution in [0.1, 0.15) is 175 Å². The van der Waals surface area contributed by atoms with Gasteiger partial charge in [-0.3, -0.25) is 0 Å². The molecule has 0 saturated carbocycles. The number of methoxy groups -OCH3 is 1. The third-order valence-electron chi connectivity index (χ3n) is 8.52. The first-order valence-electron chi connectivity index (χ1n) is 20.0. The van der Waals surface area contributed by atoms with E-state index in [0.29, 0.717) is 52.8 Å². The van der Waals surface area contributed by atoms with E-state index in [-0.39, 0.29) is 20.1 Å². The largest absolute Gasteiger partial charge is 0.447 e. The number of unbranched alkanes of at least 4 members (excludes halogenated alkanes) is 22. The quantitative estimate of drug-likeness (QED) is 0.0641. The molecule has 1 amide bonds. The molecule has 0 aromatic carbocycles. The Balaban J connectivity index is 0. The van der Waals surface area contributed by atoms with Crippen molar-refractivity contribution >= 4 is 6.09 Å². The molecule has 1 unspecified atom stereocenters. The van der Waals surface area contributed by atoms with E-state index < -0.39 is 6.09 Å². The molecule has 0 radical (unpaired) electrons. The summed E-state index contributed by atoms with van der Waals surface area (Å²) in [6.45, 7) is 9.50. The number of amides is 1. The Hall–Kier alpha value is -0.930. The number of nitrogens with one attached hydrogen (secondary N) is 1. The van der Waals surface area contributed by atoms with Gasteiger partial charge in [0.15, 0.2) is 0 Å². The zero-order valence-electron chi connectivity index (χ0n) is 31.5. The Morgan fingerprint density at radius 1 is 0.479 bits per heavy atom. The third-order valence-corrected chi connectivity index (χ3v) is 8.52. The van der Waals surface area contributed by atoms with Crippen molar-refractivity contribution in [2.45, 2.75) is 181 Å². The number of rotatable bonds is 40. The highest BCUT2D eigenvalue weighted by Gasteiger charge is 2.13.